The van der Waals surface area contributed by atoms with Gasteiger partial charge in [0.25, 0.3) is 6.43 Å². The van der Waals surface area contributed by atoms with Gasteiger partial charge in [0.2, 0.25) is 0 Å². The molecule has 8 heteroatoms. The third kappa shape index (κ3) is 3.13. The number of nitrogens with zero attached hydrogens (tertiary/aromatic N) is 2. The first-order chi connectivity index (χ1) is 11.4. The summed E-state index contributed by atoms with van der Waals surface area (Å²) >= 11 is 3.13. The molecule has 1 aliphatic rings. The molecule has 0 bridgehead atoms. The number of ether oxygens (including phenoxy) is 1. The Balaban J connectivity index is 2.19. The summed E-state index contributed by atoms with van der Waals surface area (Å²) < 4.78 is 48.7. The Bertz CT molecular complexity index is 742. The molecule has 0 saturated carbocycles. The van der Waals surface area contributed by atoms with Gasteiger partial charge in [-0.2, -0.15) is 5.10 Å². The van der Waals surface area contributed by atoms with Crippen molar-refractivity contribution < 1.29 is 17.9 Å². The van der Waals surface area contributed by atoms with Crippen molar-refractivity contribution >= 4 is 32.5 Å². The molecule has 0 aliphatic carbocycles. The Morgan fingerprint density at radius 1 is 1.38 bits per heavy atom. The monoisotopic (exact) mass is 405 g/mol. The van der Waals surface area contributed by atoms with Crippen LogP contribution in [0, 0.1) is 5.82 Å². The van der Waals surface area contributed by atoms with Crippen molar-refractivity contribution in [3.63, 3.8) is 0 Å². The van der Waals surface area contributed by atoms with Gasteiger partial charge in [0.15, 0.2) is 5.82 Å². The summed E-state index contributed by atoms with van der Waals surface area (Å²) in [4.78, 5) is 0. The van der Waals surface area contributed by atoms with Crippen molar-refractivity contribution in [3.8, 4) is 0 Å². The quantitative estimate of drug-likeness (QED) is 0.740. The second-order valence-electron chi connectivity index (χ2n) is 6.21. The standard InChI is InChI=1S/C16H19BrF3N3O/c1-8(2)21-15-13(18)11(16(19)20)12(17)9-7-23(22-14(9)15)10-5-3-4-6-24-10/h7-8,10,16,21H,3-6H2,1-2H3. The van der Waals surface area contributed by atoms with Gasteiger partial charge in [0, 0.05) is 28.7 Å². The van der Waals surface area contributed by atoms with Crippen LogP contribution in [-0.4, -0.2) is 22.4 Å². The molecular formula is C16H19BrF3N3O. The van der Waals surface area contributed by atoms with Gasteiger partial charge in [-0.15, -0.1) is 0 Å². The zero-order valence-electron chi connectivity index (χ0n) is 13.5. The first-order valence-corrected chi connectivity index (χ1v) is 8.75. The van der Waals surface area contributed by atoms with Gasteiger partial charge in [-0.3, -0.25) is 0 Å². The molecule has 0 amide bonds. The maximum atomic E-state index is 14.7. The Morgan fingerprint density at radius 3 is 2.71 bits per heavy atom. The minimum absolute atomic E-state index is 0.00746. The van der Waals surface area contributed by atoms with Crippen LogP contribution in [0.3, 0.4) is 0 Å². The van der Waals surface area contributed by atoms with E-state index in [-0.39, 0.29) is 22.4 Å². The number of hydrogen-bond acceptors (Lipinski definition) is 3. The van der Waals surface area contributed by atoms with E-state index in [2.05, 4.69) is 26.3 Å². The highest BCUT2D eigenvalue weighted by molar-refractivity contribution is 9.10. The molecule has 0 radical (unpaired) electrons. The highest BCUT2D eigenvalue weighted by Crippen LogP contribution is 2.41. The van der Waals surface area contributed by atoms with Crippen molar-refractivity contribution in [2.45, 2.75) is 51.8 Å². The topological polar surface area (TPSA) is 39.1 Å². The maximum Gasteiger partial charge on any atom is 0.267 e. The molecule has 2 aromatic rings. The van der Waals surface area contributed by atoms with Crippen LogP contribution < -0.4 is 5.32 Å². The van der Waals surface area contributed by atoms with Crippen molar-refractivity contribution in [1.29, 1.82) is 0 Å². The first kappa shape index (κ1) is 17.5. The second-order valence-corrected chi connectivity index (χ2v) is 7.00. The predicted octanol–water partition coefficient (Wildman–Crippen LogP) is 5.39. The lowest BCUT2D eigenvalue weighted by Crippen LogP contribution is -2.18. The molecular weight excluding hydrogens is 387 g/mol. The number of nitrogens with one attached hydrogen (secondary N) is 1. The minimum atomic E-state index is -2.93. The van der Waals surface area contributed by atoms with Crippen LogP contribution in [0.25, 0.3) is 10.9 Å². The molecule has 1 aromatic heterocycles. The van der Waals surface area contributed by atoms with Crippen LogP contribution in [0.4, 0.5) is 18.9 Å². The third-order valence-electron chi connectivity index (χ3n) is 4.00. The number of alkyl halides is 2. The zero-order valence-corrected chi connectivity index (χ0v) is 15.0. The zero-order chi connectivity index (χ0) is 17.4. The molecule has 3 rings (SSSR count). The highest BCUT2D eigenvalue weighted by Gasteiger charge is 2.28. The predicted molar refractivity (Wildman–Crippen MR) is 89.9 cm³/mol. The summed E-state index contributed by atoms with van der Waals surface area (Å²) in [5.41, 5.74) is -0.311. The summed E-state index contributed by atoms with van der Waals surface area (Å²) in [6.45, 7) is 4.27. The summed E-state index contributed by atoms with van der Waals surface area (Å²) in [7, 11) is 0. The van der Waals surface area contributed by atoms with E-state index in [4.69, 9.17) is 4.74 Å². The van der Waals surface area contributed by atoms with Crippen molar-refractivity contribution in [3.05, 3.63) is 22.1 Å². The van der Waals surface area contributed by atoms with Crippen molar-refractivity contribution in [1.82, 2.24) is 9.78 Å². The van der Waals surface area contributed by atoms with E-state index >= 15 is 0 Å². The maximum absolute atomic E-state index is 14.7. The van der Waals surface area contributed by atoms with Crippen molar-refractivity contribution in [2.75, 3.05) is 11.9 Å². The fourth-order valence-electron chi connectivity index (χ4n) is 2.91. The van der Waals surface area contributed by atoms with Gasteiger partial charge in [-0.25, -0.2) is 17.9 Å². The average Bonchev–Trinajstić information content (AvgIpc) is 2.97. The molecule has 1 N–H and O–H groups in total. The van der Waals surface area contributed by atoms with Crippen LogP contribution in [0.5, 0.6) is 0 Å². The molecule has 24 heavy (non-hydrogen) atoms. The molecule has 1 atom stereocenters. The van der Waals surface area contributed by atoms with Gasteiger partial charge >= 0.3 is 0 Å². The van der Waals surface area contributed by atoms with Gasteiger partial charge in [0.1, 0.15) is 11.7 Å². The Morgan fingerprint density at radius 2 is 2.12 bits per heavy atom. The summed E-state index contributed by atoms with van der Waals surface area (Å²) in [6, 6.07) is -0.120. The molecule has 1 fully saturated rings. The number of benzene rings is 1. The molecule has 0 spiro atoms. The second kappa shape index (κ2) is 6.92. The van der Waals surface area contributed by atoms with E-state index in [1.165, 1.54) is 0 Å². The largest absolute Gasteiger partial charge is 0.379 e. The van der Waals surface area contributed by atoms with E-state index in [9.17, 15) is 13.2 Å². The van der Waals surface area contributed by atoms with Crippen LogP contribution >= 0.6 is 15.9 Å². The van der Waals surface area contributed by atoms with E-state index in [0.717, 1.165) is 19.3 Å². The van der Waals surface area contributed by atoms with Gasteiger partial charge in [-0.05, 0) is 49.0 Å². The average molecular weight is 406 g/mol. The van der Waals surface area contributed by atoms with E-state index in [1.54, 1.807) is 10.9 Å². The Hall–Kier alpha value is -1.28. The number of halogens is 4. The van der Waals surface area contributed by atoms with Gasteiger partial charge in [-0.1, -0.05) is 0 Å². The van der Waals surface area contributed by atoms with E-state index in [1.807, 2.05) is 13.8 Å². The summed E-state index contributed by atoms with van der Waals surface area (Å²) in [5.74, 6) is -0.965. The van der Waals surface area contributed by atoms with E-state index in [0.29, 0.717) is 17.5 Å². The smallest absolute Gasteiger partial charge is 0.267 e. The van der Waals surface area contributed by atoms with Gasteiger partial charge in [0.05, 0.1) is 11.3 Å². The third-order valence-corrected chi connectivity index (χ3v) is 4.85. The molecule has 1 aliphatic heterocycles. The van der Waals surface area contributed by atoms with Crippen LogP contribution in [0.15, 0.2) is 10.7 Å². The van der Waals surface area contributed by atoms with Crippen LogP contribution in [0.1, 0.15) is 51.3 Å². The molecule has 2 heterocycles. The van der Waals surface area contributed by atoms with Crippen LogP contribution in [-0.2, 0) is 4.74 Å². The summed E-state index contributed by atoms with van der Waals surface area (Å²) in [5, 5.41) is 7.78. The highest BCUT2D eigenvalue weighted by atomic mass is 79.9. The number of aromatic nitrogens is 2. The summed E-state index contributed by atoms with van der Waals surface area (Å²) in [6.07, 6.45) is 1.27. The first-order valence-electron chi connectivity index (χ1n) is 7.96. The van der Waals surface area contributed by atoms with Crippen molar-refractivity contribution in [2.24, 2.45) is 0 Å². The lowest BCUT2D eigenvalue weighted by Gasteiger charge is -2.22. The number of rotatable bonds is 4. The lowest BCUT2D eigenvalue weighted by molar-refractivity contribution is -0.0390. The van der Waals surface area contributed by atoms with Gasteiger partial charge < -0.3 is 10.1 Å². The Kier molecular flexibility index (Phi) is 5.05. The Labute approximate surface area is 146 Å². The fraction of sp³-hybridized carbons (Fsp3) is 0.562. The lowest BCUT2D eigenvalue weighted by atomic mass is 10.1. The normalized spacial score (nSPS) is 18.8. The van der Waals surface area contributed by atoms with Crippen LogP contribution in [0.2, 0.25) is 0 Å². The van der Waals surface area contributed by atoms with E-state index < -0.39 is 17.8 Å². The number of hydrogen-bond donors (Lipinski definition) is 1. The SMILES string of the molecule is CC(C)Nc1c(F)c(C(F)F)c(Br)c2cn(C3CCCCO3)nc12. The molecule has 1 unspecified atom stereocenters. The number of fused-ring (bicyclic) bond motifs is 1. The molecule has 4 nitrogen and oxygen atoms in total. The molecule has 132 valence electrons. The number of anilines is 1. The molecule has 1 aromatic carbocycles. The molecule has 1 saturated heterocycles. The minimum Gasteiger partial charge on any atom is -0.379 e. The fourth-order valence-corrected chi connectivity index (χ4v) is 3.55.